The molecule has 5 heteroatoms. The Kier molecular flexibility index (Phi) is 4.34. The van der Waals surface area contributed by atoms with Crippen LogP contribution in [0.3, 0.4) is 0 Å². The predicted molar refractivity (Wildman–Crippen MR) is 86.9 cm³/mol. The molecule has 1 fully saturated rings. The molecule has 1 saturated carbocycles. The molecule has 3 rings (SSSR count). The fourth-order valence-corrected chi connectivity index (χ4v) is 3.51. The zero-order valence-corrected chi connectivity index (χ0v) is 13.5. The monoisotopic (exact) mass is 317 g/mol. The number of methoxy groups -OCH3 is 2. The molecule has 116 valence electrons. The van der Waals surface area contributed by atoms with Crippen molar-refractivity contribution >= 4 is 17.2 Å². The van der Waals surface area contributed by atoms with Gasteiger partial charge in [0.25, 0.3) is 0 Å². The first-order valence-corrected chi connectivity index (χ1v) is 8.13. The van der Waals surface area contributed by atoms with Gasteiger partial charge in [0.2, 0.25) is 5.91 Å². The van der Waals surface area contributed by atoms with Gasteiger partial charge in [-0.25, -0.2) is 0 Å². The molecule has 1 N–H and O–H groups in total. The Morgan fingerprint density at radius 3 is 2.77 bits per heavy atom. The van der Waals surface area contributed by atoms with E-state index in [2.05, 4.69) is 22.8 Å². The Balaban J connectivity index is 1.56. The van der Waals surface area contributed by atoms with E-state index >= 15 is 0 Å². The third-order valence-corrected chi connectivity index (χ3v) is 4.86. The number of amides is 1. The van der Waals surface area contributed by atoms with Gasteiger partial charge in [0, 0.05) is 16.8 Å². The van der Waals surface area contributed by atoms with E-state index in [0.717, 1.165) is 12.0 Å². The summed E-state index contributed by atoms with van der Waals surface area (Å²) in [7, 11) is 3.19. The molecule has 1 aromatic heterocycles. The van der Waals surface area contributed by atoms with E-state index in [9.17, 15) is 4.79 Å². The molecular formula is C17H19NO3S. The van der Waals surface area contributed by atoms with Gasteiger partial charge in [-0.15, -0.1) is 11.3 Å². The largest absolute Gasteiger partial charge is 0.493 e. The standard InChI is InChI=1S/C17H19NO3S/c1-20-14-6-5-11(8-15(14)21-2)9-17(19)18-13-10-12(13)16-4-3-7-22-16/h3-8,12-13H,9-10H2,1-2H3,(H,18,19). The molecule has 2 unspecified atom stereocenters. The van der Waals surface area contributed by atoms with Crippen LogP contribution in [-0.4, -0.2) is 26.2 Å². The van der Waals surface area contributed by atoms with Gasteiger partial charge < -0.3 is 14.8 Å². The Morgan fingerprint density at radius 2 is 2.09 bits per heavy atom. The number of rotatable bonds is 6. The second-order valence-corrected chi connectivity index (χ2v) is 6.38. The summed E-state index contributed by atoms with van der Waals surface area (Å²) in [5.41, 5.74) is 0.920. The Morgan fingerprint density at radius 1 is 1.27 bits per heavy atom. The first kappa shape index (κ1) is 14.9. The summed E-state index contributed by atoms with van der Waals surface area (Å²) in [5, 5.41) is 5.18. The van der Waals surface area contributed by atoms with E-state index in [1.54, 1.807) is 25.6 Å². The second kappa shape index (κ2) is 6.40. The van der Waals surface area contributed by atoms with Gasteiger partial charge in [-0.05, 0) is 35.6 Å². The van der Waals surface area contributed by atoms with Crippen molar-refractivity contribution in [2.24, 2.45) is 0 Å². The Hall–Kier alpha value is -2.01. The number of carbonyl (C=O) groups is 1. The number of hydrogen-bond donors (Lipinski definition) is 1. The summed E-state index contributed by atoms with van der Waals surface area (Å²) >= 11 is 1.76. The fraction of sp³-hybridized carbons (Fsp3) is 0.353. The second-order valence-electron chi connectivity index (χ2n) is 5.40. The van der Waals surface area contributed by atoms with Crippen molar-refractivity contribution in [1.82, 2.24) is 5.32 Å². The van der Waals surface area contributed by atoms with Crippen molar-refractivity contribution in [2.45, 2.75) is 24.8 Å². The van der Waals surface area contributed by atoms with Crippen LogP contribution < -0.4 is 14.8 Å². The van der Waals surface area contributed by atoms with Crippen LogP contribution >= 0.6 is 11.3 Å². The maximum absolute atomic E-state index is 12.2. The summed E-state index contributed by atoms with van der Waals surface area (Å²) in [6.45, 7) is 0. The van der Waals surface area contributed by atoms with Crippen molar-refractivity contribution in [3.8, 4) is 11.5 Å². The van der Waals surface area contributed by atoms with Crippen LogP contribution in [-0.2, 0) is 11.2 Å². The molecule has 1 heterocycles. The van der Waals surface area contributed by atoms with Crippen LogP contribution in [0.4, 0.5) is 0 Å². The number of benzene rings is 1. The summed E-state index contributed by atoms with van der Waals surface area (Å²) in [6, 6.07) is 10.0. The average molecular weight is 317 g/mol. The van der Waals surface area contributed by atoms with E-state index in [-0.39, 0.29) is 11.9 Å². The van der Waals surface area contributed by atoms with Gasteiger partial charge in [0.15, 0.2) is 11.5 Å². The van der Waals surface area contributed by atoms with Gasteiger partial charge in [-0.3, -0.25) is 4.79 Å². The quantitative estimate of drug-likeness (QED) is 0.891. The molecular weight excluding hydrogens is 298 g/mol. The molecule has 1 aliphatic carbocycles. The highest BCUT2D eigenvalue weighted by molar-refractivity contribution is 7.10. The molecule has 2 atom stereocenters. The third kappa shape index (κ3) is 3.25. The Labute approximate surface area is 134 Å². The zero-order chi connectivity index (χ0) is 15.5. The Bertz CT molecular complexity index is 654. The molecule has 1 amide bonds. The van der Waals surface area contributed by atoms with Crippen molar-refractivity contribution in [3.05, 3.63) is 46.2 Å². The van der Waals surface area contributed by atoms with E-state index in [0.29, 0.717) is 23.8 Å². The number of ether oxygens (including phenoxy) is 2. The molecule has 2 aromatic rings. The van der Waals surface area contributed by atoms with Crippen LogP contribution in [0.15, 0.2) is 35.7 Å². The third-order valence-electron chi connectivity index (χ3n) is 3.86. The molecule has 22 heavy (non-hydrogen) atoms. The summed E-state index contributed by atoms with van der Waals surface area (Å²) in [6.07, 6.45) is 1.40. The molecule has 1 aliphatic rings. The number of thiophene rings is 1. The van der Waals surface area contributed by atoms with Gasteiger partial charge in [-0.2, -0.15) is 0 Å². The lowest BCUT2D eigenvalue weighted by molar-refractivity contribution is -0.120. The number of nitrogens with one attached hydrogen (secondary N) is 1. The highest BCUT2D eigenvalue weighted by Gasteiger charge is 2.40. The maximum atomic E-state index is 12.2. The highest BCUT2D eigenvalue weighted by atomic mass is 32.1. The van der Waals surface area contributed by atoms with Crippen LogP contribution in [0.25, 0.3) is 0 Å². The minimum absolute atomic E-state index is 0.0521. The molecule has 0 saturated heterocycles. The van der Waals surface area contributed by atoms with E-state index in [4.69, 9.17) is 9.47 Å². The maximum Gasteiger partial charge on any atom is 0.224 e. The molecule has 0 spiro atoms. The van der Waals surface area contributed by atoms with Crippen LogP contribution in [0, 0.1) is 0 Å². The smallest absolute Gasteiger partial charge is 0.224 e. The van der Waals surface area contributed by atoms with Gasteiger partial charge in [0.05, 0.1) is 20.6 Å². The summed E-state index contributed by atoms with van der Waals surface area (Å²) in [5.74, 6) is 1.87. The fourth-order valence-electron chi connectivity index (χ4n) is 2.61. The number of carbonyl (C=O) groups excluding carboxylic acids is 1. The van der Waals surface area contributed by atoms with Gasteiger partial charge in [-0.1, -0.05) is 12.1 Å². The summed E-state index contributed by atoms with van der Waals surface area (Å²) in [4.78, 5) is 13.5. The lowest BCUT2D eigenvalue weighted by atomic mass is 10.1. The van der Waals surface area contributed by atoms with E-state index in [1.165, 1.54) is 4.88 Å². The average Bonchev–Trinajstić information content (AvgIpc) is 3.07. The summed E-state index contributed by atoms with van der Waals surface area (Å²) < 4.78 is 10.5. The first-order valence-electron chi connectivity index (χ1n) is 7.25. The van der Waals surface area contributed by atoms with Gasteiger partial charge in [0.1, 0.15) is 0 Å². The normalized spacial score (nSPS) is 19.5. The SMILES string of the molecule is COc1ccc(CC(=O)NC2CC2c2cccs2)cc1OC. The van der Waals surface area contributed by atoms with Gasteiger partial charge >= 0.3 is 0 Å². The topological polar surface area (TPSA) is 47.6 Å². The van der Waals surface area contributed by atoms with Crippen LogP contribution in [0.5, 0.6) is 11.5 Å². The van der Waals surface area contributed by atoms with Crippen molar-refractivity contribution in [3.63, 3.8) is 0 Å². The van der Waals surface area contributed by atoms with Crippen molar-refractivity contribution < 1.29 is 14.3 Å². The minimum Gasteiger partial charge on any atom is -0.493 e. The molecule has 0 radical (unpaired) electrons. The van der Waals surface area contributed by atoms with E-state index in [1.807, 2.05) is 18.2 Å². The lowest BCUT2D eigenvalue weighted by Gasteiger charge is -2.10. The van der Waals surface area contributed by atoms with Crippen LogP contribution in [0.2, 0.25) is 0 Å². The lowest BCUT2D eigenvalue weighted by Crippen LogP contribution is -2.28. The van der Waals surface area contributed by atoms with E-state index < -0.39 is 0 Å². The first-order chi connectivity index (χ1) is 10.7. The molecule has 1 aromatic carbocycles. The molecule has 0 aliphatic heterocycles. The number of hydrogen-bond acceptors (Lipinski definition) is 4. The van der Waals surface area contributed by atoms with Crippen molar-refractivity contribution in [2.75, 3.05) is 14.2 Å². The minimum atomic E-state index is 0.0521. The molecule has 0 bridgehead atoms. The van der Waals surface area contributed by atoms with Crippen LogP contribution in [0.1, 0.15) is 22.8 Å². The van der Waals surface area contributed by atoms with Crippen molar-refractivity contribution in [1.29, 1.82) is 0 Å². The zero-order valence-electron chi connectivity index (χ0n) is 12.7. The predicted octanol–water partition coefficient (Wildman–Crippen LogP) is 2.98. The molecule has 4 nitrogen and oxygen atoms in total. The highest BCUT2D eigenvalue weighted by Crippen LogP contribution is 2.42.